The summed E-state index contributed by atoms with van der Waals surface area (Å²) in [4.78, 5) is 28.8. The molecule has 0 radical (unpaired) electrons. The van der Waals surface area contributed by atoms with Crippen molar-refractivity contribution in [3.8, 4) is 5.75 Å². The van der Waals surface area contributed by atoms with Crippen LogP contribution in [0.25, 0.3) is 10.8 Å². The Balaban J connectivity index is 1.64. The van der Waals surface area contributed by atoms with E-state index < -0.39 is 6.04 Å². The predicted molar refractivity (Wildman–Crippen MR) is 151 cm³/mol. The van der Waals surface area contributed by atoms with Crippen LogP contribution in [0.15, 0.2) is 102 Å². The summed E-state index contributed by atoms with van der Waals surface area (Å²) in [6.07, 6.45) is 0.399. The fourth-order valence-electron chi connectivity index (χ4n) is 4.27. The number of carbonyl (C=O) groups is 2. The molecule has 0 saturated carbocycles. The molecule has 0 heterocycles. The third-order valence-electron chi connectivity index (χ3n) is 6.07. The summed E-state index contributed by atoms with van der Waals surface area (Å²) >= 11 is 3.47. The molecule has 0 spiro atoms. The Morgan fingerprint density at radius 2 is 1.51 bits per heavy atom. The van der Waals surface area contributed by atoms with Crippen LogP contribution in [0.2, 0.25) is 0 Å². The van der Waals surface area contributed by atoms with E-state index in [9.17, 15) is 9.59 Å². The maximum atomic E-state index is 13.8. The van der Waals surface area contributed by atoms with Gasteiger partial charge in [0, 0.05) is 28.9 Å². The highest BCUT2D eigenvalue weighted by molar-refractivity contribution is 9.10. The Hall–Kier alpha value is -3.64. The smallest absolute Gasteiger partial charge is 0.261 e. The fraction of sp³-hybridized carbons (Fsp3) is 0.226. The van der Waals surface area contributed by atoms with Crippen LogP contribution in [0.1, 0.15) is 25.0 Å². The average molecular weight is 560 g/mol. The first-order chi connectivity index (χ1) is 17.9. The van der Waals surface area contributed by atoms with E-state index in [-0.39, 0.29) is 31.0 Å². The van der Waals surface area contributed by atoms with E-state index in [0.29, 0.717) is 12.2 Å². The molecule has 4 rings (SSSR count). The molecular weight excluding hydrogens is 528 g/mol. The third-order valence-corrected chi connectivity index (χ3v) is 6.60. The first-order valence-corrected chi connectivity index (χ1v) is 13.2. The van der Waals surface area contributed by atoms with Gasteiger partial charge in [-0.15, -0.1) is 0 Å². The summed E-state index contributed by atoms with van der Waals surface area (Å²) < 4.78 is 7.00. The van der Waals surface area contributed by atoms with Gasteiger partial charge in [0.15, 0.2) is 6.61 Å². The highest BCUT2D eigenvalue weighted by Gasteiger charge is 2.31. The summed E-state index contributed by atoms with van der Waals surface area (Å²) in [5, 5.41) is 4.99. The molecule has 37 heavy (non-hydrogen) atoms. The number of nitrogens with one attached hydrogen (secondary N) is 1. The molecule has 2 amide bonds. The van der Waals surface area contributed by atoms with Gasteiger partial charge in [-0.1, -0.05) is 94.8 Å². The molecule has 0 aliphatic rings. The Bertz CT molecular complexity index is 1330. The van der Waals surface area contributed by atoms with E-state index >= 15 is 0 Å². The number of nitrogens with zero attached hydrogens (tertiary/aromatic N) is 1. The summed E-state index contributed by atoms with van der Waals surface area (Å²) in [6, 6.07) is 30.5. The first kappa shape index (κ1) is 26.4. The number of hydrogen-bond donors (Lipinski definition) is 1. The molecular formula is C31H31BrN2O3. The van der Waals surface area contributed by atoms with Crippen molar-refractivity contribution in [2.24, 2.45) is 0 Å². The molecule has 190 valence electrons. The lowest BCUT2D eigenvalue weighted by Gasteiger charge is -2.32. The SMILES string of the molecule is CC(C)NC(=O)[C@@H](Cc1ccccc1)N(Cc1ccc(Br)cc1)C(=O)COc1cccc2ccccc12. The van der Waals surface area contributed by atoms with E-state index in [1.54, 1.807) is 4.90 Å². The second-order valence-corrected chi connectivity index (χ2v) is 10.2. The van der Waals surface area contributed by atoms with E-state index in [1.807, 2.05) is 111 Å². The van der Waals surface area contributed by atoms with Gasteiger partial charge in [-0.05, 0) is 48.6 Å². The van der Waals surface area contributed by atoms with Crippen molar-refractivity contribution >= 4 is 38.5 Å². The quantitative estimate of drug-likeness (QED) is 0.254. The van der Waals surface area contributed by atoms with Crippen LogP contribution in [0, 0.1) is 0 Å². The number of amides is 2. The minimum absolute atomic E-state index is 0.0534. The van der Waals surface area contributed by atoms with Crippen molar-refractivity contribution in [2.75, 3.05) is 6.61 Å². The molecule has 6 heteroatoms. The zero-order valence-corrected chi connectivity index (χ0v) is 22.6. The Morgan fingerprint density at radius 1 is 0.838 bits per heavy atom. The highest BCUT2D eigenvalue weighted by Crippen LogP contribution is 2.25. The van der Waals surface area contributed by atoms with E-state index in [0.717, 1.165) is 26.4 Å². The zero-order chi connectivity index (χ0) is 26.2. The topological polar surface area (TPSA) is 58.6 Å². The van der Waals surface area contributed by atoms with Crippen molar-refractivity contribution < 1.29 is 14.3 Å². The minimum atomic E-state index is -0.697. The van der Waals surface area contributed by atoms with E-state index in [1.165, 1.54) is 0 Å². The molecule has 0 unspecified atom stereocenters. The second kappa shape index (κ2) is 12.5. The average Bonchev–Trinajstić information content (AvgIpc) is 2.90. The number of benzene rings is 4. The molecule has 0 aromatic heterocycles. The van der Waals surface area contributed by atoms with Gasteiger partial charge in [-0.2, -0.15) is 0 Å². The lowest BCUT2D eigenvalue weighted by atomic mass is 10.0. The normalized spacial score (nSPS) is 11.8. The molecule has 5 nitrogen and oxygen atoms in total. The van der Waals surface area contributed by atoms with Crippen LogP contribution in [0.5, 0.6) is 5.75 Å². The van der Waals surface area contributed by atoms with Crippen molar-refractivity contribution in [3.63, 3.8) is 0 Å². The Morgan fingerprint density at radius 3 is 2.24 bits per heavy atom. The number of fused-ring (bicyclic) bond motifs is 1. The van der Waals surface area contributed by atoms with Gasteiger partial charge in [0.1, 0.15) is 11.8 Å². The molecule has 0 aliphatic heterocycles. The molecule has 0 aliphatic carbocycles. The zero-order valence-electron chi connectivity index (χ0n) is 21.1. The van der Waals surface area contributed by atoms with Gasteiger partial charge in [0.25, 0.3) is 5.91 Å². The number of rotatable bonds is 10. The van der Waals surface area contributed by atoms with Crippen molar-refractivity contribution in [2.45, 2.75) is 38.9 Å². The Labute approximate surface area is 226 Å². The van der Waals surface area contributed by atoms with Crippen molar-refractivity contribution in [1.82, 2.24) is 10.2 Å². The summed E-state index contributed by atoms with van der Waals surface area (Å²) in [7, 11) is 0. The maximum absolute atomic E-state index is 13.8. The third kappa shape index (κ3) is 7.20. The Kier molecular flexibility index (Phi) is 8.96. The maximum Gasteiger partial charge on any atom is 0.261 e. The predicted octanol–water partition coefficient (Wildman–Crippen LogP) is 6.15. The van der Waals surface area contributed by atoms with Gasteiger partial charge >= 0.3 is 0 Å². The van der Waals surface area contributed by atoms with Crippen LogP contribution in [0.4, 0.5) is 0 Å². The van der Waals surface area contributed by atoms with Crippen molar-refractivity contribution in [3.05, 3.63) is 113 Å². The van der Waals surface area contributed by atoms with E-state index in [2.05, 4.69) is 21.2 Å². The molecule has 0 saturated heterocycles. The number of halogens is 1. The molecule has 1 atom stereocenters. The summed E-state index contributed by atoms with van der Waals surface area (Å²) in [6.45, 7) is 3.95. The monoisotopic (exact) mass is 558 g/mol. The van der Waals surface area contributed by atoms with Crippen LogP contribution >= 0.6 is 15.9 Å². The molecule has 0 bridgehead atoms. The van der Waals surface area contributed by atoms with Crippen molar-refractivity contribution in [1.29, 1.82) is 0 Å². The number of hydrogen-bond acceptors (Lipinski definition) is 3. The number of ether oxygens (including phenoxy) is 1. The highest BCUT2D eigenvalue weighted by atomic mass is 79.9. The molecule has 4 aromatic carbocycles. The second-order valence-electron chi connectivity index (χ2n) is 9.28. The minimum Gasteiger partial charge on any atom is -0.483 e. The summed E-state index contributed by atoms with van der Waals surface area (Å²) in [5.41, 5.74) is 1.91. The number of carbonyl (C=O) groups excluding carboxylic acids is 2. The van der Waals surface area contributed by atoms with Gasteiger partial charge in [0.2, 0.25) is 5.91 Å². The van der Waals surface area contributed by atoms with E-state index in [4.69, 9.17) is 4.74 Å². The molecule has 1 N–H and O–H groups in total. The summed E-state index contributed by atoms with van der Waals surface area (Å²) in [5.74, 6) is 0.200. The molecule has 0 fully saturated rings. The van der Waals surface area contributed by atoms with Gasteiger partial charge < -0.3 is 15.0 Å². The van der Waals surface area contributed by atoms with Gasteiger partial charge in [0.05, 0.1) is 0 Å². The van der Waals surface area contributed by atoms with Crippen LogP contribution in [-0.2, 0) is 22.6 Å². The fourth-order valence-corrected chi connectivity index (χ4v) is 4.53. The van der Waals surface area contributed by atoms with Crippen LogP contribution in [-0.4, -0.2) is 35.4 Å². The van der Waals surface area contributed by atoms with Crippen LogP contribution in [0.3, 0.4) is 0 Å². The molecule has 4 aromatic rings. The largest absolute Gasteiger partial charge is 0.483 e. The lowest BCUT2D eigenvalue weighted by molar-refractivity contribution is -0.143. The van der Waals surface area contributed by atoms with Crippen LogP contribution < -0.4 is 10.1 Å². The lowest BCUT2D eigenvalue weighted by Crippen LogP contribution is -2.52. The van der Waals surface area contributed by atoms with Gasteiger partial charge in [-0.3, -0.25) is 9.59 Å². The standard InChI is InChI=1S/C31H31BrN2O3/c1-22(2)33-31(36)28(19-23-9-4-3-5-10-23)34(20-24-15-17-26(32)18-16-24)30(35)21-37-29-14-8-12-25-11-6-7-13-27(25)29/h3-18,22,28H,19-21H2,1-2H3,(H,33,36)/t28-/m1/s1. The first-order valence-electron chi connectivity index (χ1n) is 12.4. The van der Waals surface area contributed by atoms with Gasteiger partial charge in [-0.25, -0.2) is 0 Å².